The number of carbonyl (C=O) groups is 1. The minimum Gasteiger partial charge on any atom is -0.293 e. The molecule has 1 heterocycles. The van der Waals surface area contributed by atoms with E-state index in [2.05, 4.69) is 34.1 Å². The van der Waals surface area contributed by atoms with Crippen molar-refractivity contribution in [3.05, 3.63) is 110 Å². The Labute approximate surface area is 229 Å². The molecule has 1 spiro atoms. The summed E-state index contributed by atoms with van der Waals surface area (Å²) in [7, 11) is 0. The van der Waals surface area contributed by atoms with Crippen molar-refractivity contribution in [3.8, 4) is 16.9 Å². The van der Waals surface area contributed by atoms with Crippen molar-refractivity contribution < 1.29 is 4.79 Å². The van der Waals surface area contributed by atoms with E-state index in [1.54, 1.807) is 4.57 Å². The molecule has 186 valence electrons. The maximum Gasteiger partial charge on any atom is 0.263 e. The van der Waals surface area contributed by atoms with Gasteiger partial charge in [-0.05, 0) is 49.1 Å². The van der Waals surface area contributed by atoms with Crippen molar-refractivity contribution in [1.82, 2.24) is 9.55 Å². The number of benzene rings is 3. The largest absolute Gasteiger partial charge is 0.293 e. The molecular formula is C31H27BrN2O2S. The van der Waals surface area contributed by atoms with Gasteiger partial charge >= 0.3 is 0 Å². The van der Waals surface area contributed by atoms with E-state index in [1.165, 1.54) is 23.7 Å². The Morgan fingerprint density at radius 1 is 0.919 bits per heavy atom. The number of thioether (sulfide) groups is 1. The van der Waals surface area contributed by atoms with Crippen LogP contribution in [0, 0.1) is 0 Å². The van der Waals surface area contributed by atoms with Gasteiger partial charge in [0.2, 0.25) is 0 Å². The zero-order valence-electron chi connectivity index (χ0n) is 20.5. The Morgan fingerprint density at radius 3 is 2.38 bits per heavy atom. The predicted molar refractivity (Wildman–Crippen MR) is 153 cm³/mol. The highest BCUT2D eigenvalue weighted by Crippen LogP contribution is 2.49. The second-order valence-corrected chi connectivity index (χ2v) is 11.8. The monoisotopic (exact) mass is 570 g/mol. The SMILES string of the molecule is O=C(CSc1nc2c(c(=O)n1-c1ccccc1)C1(CCCCC1)Cc1ccccc1-2)c1ccc(Br)cc1. The third kappa shape index (κ3) is 4.51. The van der Waals surface area contributed by atoms with E-state index >= 15 is 0 Å². The van der Waals surface area contributed by atoms with E-state index in [-0.39, 0.29) is 22.5 Å². The molecule has 4 nitrogen and oxygen atoms in total. The van der Waals surface area contributed by atoms with Gasteiger partial charge in [0.1, 0.15) is 0 Å². The number of hydrogen-bond donors (Lipinski definition) is 0. The van der Waals surface area contributed by atoms with Crippen LogP contribution in [0.4, 0.5) is 0 Å². The summed E-state index contributed by atoms with van der Waals surface area (Å²) in [5, 5.41) is 0.558. The standard InChI is InChI=1S/C31H27BrN2O2S/c32-23-15-13-21(14-16-23)26(35)20-37-30-33-28-25-12-6-5-9-22(25)19-31(17-7-2-8-18-31)27(28)29(36)34(30)24-10-3-1-4-11-24/h1,3-6,9-16H,2,7-8,17-20H2. The zero-order valence-corrected chi connectivity index (χ0v) is 22.9. The van der Waals surface area contributed by atoms with E-state index in [0.717, 1.165) is 59.1 Å². The molecule has 6 rings (SSSR count). The van der Waals surface area contributed by atoms with Gasteiger partial charge in [0.15, 0.2) is 10.9 Å². The Bertz CT molecular complexity index is 1520. The molecular weight excluding hydrogens is 544 g/mol. The molecule has 0 atom stereocenters. The quantitative estimate of drug-likeness (QED) is 0.142. The minimum absolute atomic E-state index is 0.00573. The number of aromatic nitrogens is 2. The Kier molecular flexibility index (Phi) is 6.63. The summed E-state index contributed by atoms with van der Waals surface area (Å²) in [6, 6.07) is 25.5. The van der Waals surface area contributed by atoms with E-state index in [1.807, 2.05) is 60.7 Å². The van der Waals surface area contributed by atoms with Crippen LogP contribution >= 0.6 is 27.7 Å². The lowest BCUT2D eigenvalue weighted by atomic mass is 9.62. The summed E-state index contributed by atoms with van der Waals surface area (Å²) in [5.74, 6) is 0.208. The molecule has 0 unspecified atom stereocenters. The van der Waals surface area contributed by atoms with Crippen LogP contribution in [-0.2, 0) is 11.8 Å². The number of nitrogens with zero attached hydrogens (tertiary/aromatic N) is 2. The average molecular weight is 572 g/mol. The number of fused-ring (bicyclic) bond motifs is 4. The smallest absolute Gasteiger partial charge is 0.263 e. The first kappa shape index (κ1) is 24.4. The second kappa shape index (κ2) is 10.1. The van der Waals surface area contributed by atoms with Gasteiger partial charge in [0, 0.05) is 21.0 Å². The van der Waals surface area contributed by atoms with Gasteiger partial charge in [-0.3, -0.25) is 14.2 Å². The van der Waals surface area contributed by atoms with E-state index in [4.69, 9.17) is 4.98 Å². The van der Waals surface area contributed by atoms with Crippen LogP contribution in [-0.4, -0.2) is 21.1 Å². The average Bonchev–Trinajstić information content (AvgIpc) is 2.93. The highest BCUT2D eigenvalue weighted by Gasteiger charge is 2.43. The Hall–Kier alpha value is -2.96. The van der Waals surface area contributed by atoms with Crippen LogP contribution in [0.1, 0.15) is 53.6 Å². The summed E-state index contributed by atoms with van der Waals surface area (Å²) < 4.78 is 2.67. The van der Waals surface area contributed by atoms with Crippen molar-refractivity contribution in [1.29, 1.82) is 0 Å². The van der Waals surface area contributed by atoms with Crippen molar-refractivity contribution in [2.24, 2.45) is 0 Å². The third-order valence-corrected chi connectivity index (χ3v) is 9.18. The number of carbonyl (C=O) groups excluding carboxylic acids is 1. The normalized spacial score (nSPS) is 15.7. The number of para-hydroxylation sites is 1. The van der Waals surface area contributed by atoms with Crippen LogP contribution in [0.15, 0.2) is 93.3 Å². The minimum atomic E-state index is -0.182. The number of hydrogen-bond acceptors (Lipinski definition) is 4. The van der Waals surface area contributed by atoms with Crippen LogP contribution in [0.25, 0.3) is 16.9 Å². The van der Waals surface area contributed by atoms with Crippen molar-refractivity contribution in [2.45, 2.75) is 49.1 Å². The number of rotatable bonds is 5. The van der Waals surface area contributed by atoms with Crippen LogP contribution in [0.2, 0.25) is 0 Å². The molecule has 6 heteroatoms. The third-order valence-electron chi connectivity index (χ3n) is 7.71. The van der Waals surface area contributed by atoms with Crippen LogP contribution in [0.5, 0.6) is 0 Å². The summed E-state index contributed by atoms with van der Waals surface area (Å²) in [4.78, 5) is 32.7. The molecule has 37 heavy (non-hydrogen) atoms. The molecule has 0 radical (unpaired) electrons. The fourth-order valence-corrected chi connectivity index (χ4v) is 7.10. The molecule has 0 aliphatic heterocycles. The van der Waals surface area contributed by atoms with Gasteiger partial charge in [-0.1, -0.05) is 102 Å². The molecule has 1 aromatic heterocycles. The predicted octanol–water partition coefficient (Wildman–Crippen LogP) is 7.40. The van der Waals surface area contributed by atoms with E-state index < -0.39 is 0 Å². The second-order valence-electron chi connectivity index (χ2n) is 9.99. The number of halogens is 1. The fraction of sp³-hybridized carbons (Fsp3) is 0.258. The lowest BCUT2D eigenvalue weighted by Crippen LogP contribution is -2.42. The first-order chi connectivity index (χ1) is 18.1. The summed E-state index contributed by atoms with van der Waals surface area (Å²) in [5.41, 5.74) is 5.23. The molecule has 0 bridgehead atoms. The molecule has 2 aliphatic carbocycles. The maximum atomic E-state index is 14.5. The lowest BCUT2D eigenvalue weighted by molar-refractivity contribution is 0.102. The number of Topliss-reactive ketones (excluding diaryl/α,β-unsaturated/α-hetero) is 1. The first-order valence-electron chi connectivity index (χ1n) is 12.8. The Balaban J connectivity index is 1.51. The molecule has 1 fully saturated rings. The van der Waals surface area contributed by atoms with E-state index in [9.17, 15) is 9.59 Å². The zero-order chi connectivity index (χ0) is 25.4. The summed E-state index contributed by atoms with van der Waals surface area (Å²) >= 11 is 4.76. The van der Waals surface area contributed by atoms with Gasteiger partial charge in [0.25, 0.3) is 5.56 Å². The van der Waals surface area contributed by atoms with Gasteiger partial charge in [0.05, 0.1) is 22.7 Å². The molecule has 0 N–H and O–H groups in total. The van der Waals surface area contributed by atoms with Crippen molar-refractivity contribution >= 4 is 33.5 Å². The first-order valence-corrected chi connectivity index (χ1v) is 14.6. The molecule has 1 saturated carbocycles. The van der Waals surface area contributed by atoms with E-state index in [0.29, 0.717) is 10.7 Å². The van der Waals surface area contributed by atoms with Crippen LogP contribution in [0.3, 0.4) is 0 Å². The van der Waals surface area contributed by atoms with Gasteiger partial charge in [-0.15, -0.1) is 0 Å². The molecule has 4 aromatic rings. The highest BCUT2D eigenvalue weighted by molar-refractivity contribution is 9.10. The summed E-state index contributed by atoms with van der Waals surface area (Å²) in [6.45, 7) is 0. The van der Waals surface area contributed by atoms with Crippen molar-refractivity contribution in [3.63, 3.8) is 0 Å². The molecule has 2 aliphatic rings. The summed E-state index contributed by atoms with van der Waals surface area (Å²) in [6.07, 6.45) is 6.37. The Morgan fingerprint density at radius 2 is 1.62 bits per heavy atom. The highest BCUT2D eigenvalue weighted by atomic mass is 79.9. The van der Waals surface area contributed by atoms with Gasteiger partial charge in [-0.25, -0.2) is 4.98 Å². The molecule has 3 aromatic carbocycles. The number of ketones is 1. The molecule has 0 amide bonds. The lowest BCUT2D eigenvalue weighted by Gasteiger charge is -2.42. The van der Waals surface area contributed by atoms with Gasteiger partial charge in [-0.2, -0.15) is 0 Å². The van der Waals surface area contributed by atoms with Crippen molar-refractivity contribution in [2.75, 3.05) is 5.75 Å². The molecule has 0 saturated heterocycles. The van der Waals surface area contributed by atoms with Crippen LogP contribution < -0.4 is 5.56 Å². The maximum absolute atomic E-state index is 14.5. The van der Waals surface area contributed by atoms with Gasteiger partial charge < -0.3 is 0 Å². The fourth-order valence-electron chi connectivity index (χ4n) is 5.94. The topological polar surface area (TPSA) is 52.0 Å².